The number of carbonyl (C=O) groups excluding carboxylic acids is 1. The van der Waals surface area contributed by atoms with Gasteiger partial charge in [-0.25, -0.2) is 4.79 Å². The molecule has 0 bridgehead atoms. The van der Waals surface area contributed by atoms with Crippen molar-refractivity contribution in [1.29, 1.82) is 0 Å². The number of carboxylic acids is 1. The number of hydrogen-bond acceptors (Lipinski definition) is 3. The van der Waals surface area contributed by atoms with Crippen LogP contribution in [0.15, 0.2) is 0 Å². The molecule has 0 aliphatic rings. The topological polar surface area (TPSA) is 63.6 Å². The third kappa shape index (κ3) is 7.39. The Hall–Kier alpha value is -0.610. The average molecular weight is 167 g/mol. The van der Waals surface area contributed by atoms with E-state index in [0.717, 1.165) is 0 Å². The molecule has 0 saturated carbocycles. The summed E-state index contributed by atoms with van der Waals surface area (Å²) >= 11 is 4.93. The summed E-state index contributed by atoms with van der Waals surface area (Å²) in [6, 6.07) is 0. The van der Waals surface area contributed by atoms with Crippen molar-refractivity contribution in [2.75, 3.05) is 13.2 Å². The molecule has 0 spiro atoms. The number of hydrogen-bond donors (Lipinski definition) is 1. The Kier molecular flexibility index (Phi) is 4.88. The zero-order valence-corrected chi connectivity index (χ0v) is 5.93. The van der Waals surface area contributed by atoms with Gasteiger partial charge in [-0.3, -0.25) is 4.79 Å². The van der Waals surface area contributed by atoms with Crippen LogP contribution in [0.1, 0.15) is 6.42 Å². The molecule has 0 amide bonds. The van der Waals surface area contributed by atoms with Crippen molar-refractivity contribution in [3.05, 3.63) is 0 Å². The van der Waals surface area contributed by atoms with Crippen molar-refractivity contribution in [1.82, 2.24) is 0 Å². The van der Waals surface area contributed by atoms with Gasteiger partial charge >= 0.3 is 5.97 Å². The largest absolute Gasteiger partial charge is 0.480 e. The van der Waals surface area contributed by atoms with Gasteiger partial charge < -0.3 is 9.84 Å². The Morgan fingerprint density at radius 3 is 2.50 bits per heavy atom. The molecule has 0 radical (unpaired) electrons. The van der Waals surface area contributed by atoms with Crippen molar-refractivity contribution in [3.63, 3.8) is 0 Å². The maximum atomic E-state index is 10.0. The van der Waals surface area contributed by atoms with Crippen LogP contribution >= 0.6 is 11.6 Å². The minimum absolute atomic E-state index is 0.0504. The van der Waals surface area contributed by atoms with E-state index in [-0.39, 0.29) is 19.6 Å². The highest BCUT2D eigenvalue weighted by Gasteiger charge is 1.98. The van der Waals surface area contributed by atoms with Crippen LogP contribution in [-0.2, 0) is 14.3 Å². The van der Waals surface area contributed by atoms with Crippen molar-refractivity contribution in [2.24, 2.45) is 0 Å². The van der Waals surface area contributed by atoms with E-state index in [1.807, 2.05) is 0 Å². The highest BCUT2D eigenvalue weighted by atomic mass is 35.5. The molecule has 0 unspecified atom stereocenters. The molecule has 0 heterocycles. The number of ether oxygens (including phenoxy) is 1. The predicted octanol–water partition coefficient (Wildman–Crippen LogP) is 0.243. The van der Waals surface area contributed by atoms with Crippen molar-refractivity contribution in [3.8, 4) is 0 Å². The molecule has 4 nitrogen and oxygen atoms in total. The lowest BCUT2D eigenvalue weighted by Gasteiger charge is -1.95. The molecular formula is C5H7ClO4. The first-order chi connectivity index (χ1) is 4.63. The average Bonchev–Trinajstić information content (AvgIpc) is 1.79. The van der Waals surface area contributed by atoms with E-state index in [9.17, 15) is 9.59 Å². The molecule has 0 aliphatic carbocycles. The van der Waals surface area contributed by atoms with Gasteiger partial charge in [-0.1, -0.05) is 0 Å². The summed E-state index contributed by atoms with van der Waals surface area (Å²) in [6.07, 6.45) is 0.0504. The zero-order chi connectivity index (χ0) is 7.98. The summed E-state index contributed by atoms with van der Waals surface area (Å²) in [5.74, 6) is -1.05. The van der Waals surface area contributed by atoms with Gasteiger partial charge in [-0.15, -0.1) is 0 Å². The van der Waals surface area contributed by atoms with E-state index in [0.29, 0.717) is 0 Å². The molecule has 0 saturated heterocycles. The van der Waals surface area contributed by atoms with E-state index in [2.05, 4.69) is 4.74 Å². The van der Waals surface area contributed by atoms with Crippen LogP contribution < -0.4 is 0 Å². The molecule has 0 aromatic heterocycles. The van der Waals surface area contributed by atoms with Gasteiger partial charge in [0.15, 0.2) is 0 Å². The highest BCUT2D eigenvalue weighted by molar-refractivity contribution is 6.63. The number of carboxylic acid groups (broad SMARTS) is 1. The van der Waals surface area contributed by atoms with Crippen LogP contribution in [0.25, 0.3) is 0 Å². The lowest BCUT2D eigenvalue weighted by atomic mass is 10.5. The SMILES string of the molecule is O=C(O)COCCC(=O)Cl. The third-order valence-electron chi connectivity index (χ3n) is 0.668. The van der Waals surface area contributed by atoms with Gasteiger partial charge in [0.1, 0.15) is 6.61 Å². The first-order valence-corrected chi connectivity index (χ1v) is 2.98. The van der Waals surface area contributed by atoms with Crippen LogP contribution in [0, 0.1) is 0 Å². The predicted molar refractivity (Wildman–Crippen MR) is 33.9 cm³/mol. The molecule has 0 atom stereocenters. The number of aliphatic carboxylic acids is 1. The number of rotatable bonds is 5. The van der Waals surface area contributed by atoms with Crippen LogP contribution in [0.5, 0.6) is 0 Å². The maximum absolute atomic E-state index is 10.0. The highest BCUT2D eigenvalue weighted by Crippen LogP contribution is 1.88. The fraction of sp³-hybridized carbons (Fsp3) is 0.600. The van der Waals surface area contributed by atoms with Gasteiger partial charge in [0.05, 0.1) is 6.61 Å². The van der Waals surface area contributed by atoms with Crippen LogP contribution in [0.4, 0.5) is 0 Å². The summed E-state index contributed by atoms with van der Waals surface area (Å²) in [5.41, 5.74) is 0. The van der Waals surface area contributed by atoms with Gasteiger partial charge in [0, 0.05) is 6.42 Å². The number of carbonyl (C=O) groups is 2. The van der Waals surface area contributed by atoms with Crippen LogP contribution in [-0.4, -0.2) is 29.5 Å². The Bertz CT molecular complexity index is 118. The van der Waals surface area contributed by atoms with E-state index in [4.69, 9.17) is 16.7 Å². The fourth-order valence-electron chi connectivity index (χ4n) is 0.312. The Morgan fingerprint density at radius 2 is 2.10 bits per heavy atom. The summed E-state index contributed by atoms with van der Waals surface area (Å²) in [4.78, 5) is 19.8. The Balaban J connectivity index is 3.06. The van der Waals surface area contributed by atoms with E-state index in [1.54, 1.807) is 0 Å². The molecule has 0 aliphatic heterocycles. The lowest BCUT2D eigenvalue weighted by molar-refractivity contribution is -0.142. The van der Waals surface area contributed by atoms with E-state index < -0.39 is 11.2 Å². The Morgan fingerprint density at radius 1 is 1.50 bits per heavy atom. The van der Waals surface area contributed by atoms with Crippen molar-refractivity contribution in [2.45, 2.75) is 6.42 Å². The van der Waals surface area contributed by atoms with Gasteiger partial charge in [-0.05, 0) is 11.6 Å². The van der Waals surface area contributed by atoms with Gasteiger partial charge in [0.2, 0.25) is 5.24 Å². The van der Waals surface area contributed by atoms with Crippen molar-refractivity contribution < 1.29 is 19.4 Å². The normalized spacial score (nSPS) is 9.30. The standard InChI is InChI=1S/C5H7ClO4/c6-4(7)1-2-10-3-5(8)9/h1-3H2,(H,8,9). The second kappa shape index (κ2) is 5.20. The van der Waals surface area contributed by atoms with E-state index >= 15 is 0 Å². The zero-order valence-electron chi connectivity index (χ0n) is 5.17. The second-order valence-electron chi connectivity index (χ2n) is 1.55. The molecule has 5 heteroatoms. The van der Waals surface area contributed by atoms with Crippen LogP contribution in [0.3, 0.4) is 0 Å². The summed E-state index contributed by atoms with van der Waals surface area (Å²) < 4.78 is 4.50. The first-order valence-electron chi connectivity index (χ1n) is 2.61. The first kappa shape index (κ1) is 9.39. The van der Waals surface area contributed by atoms with Gasteiger partial charge in [0.25, 0.3) is 0 Å². The molecule has 1 N–H and O–H groups in total. The van der Waals surface area contributed by atoms with Crippen LogP contribution in [0.2, 0.25) is 0 Å². The molecule has 0 aromatic carbocycles. The van der Waals surface area contributed by atoms with Gasteiger partial charge in [-0.2, -0.15) is 0 Å². The molecule has 0 aromatic rings. The quantitative estimate of drug-likeness (QED) is 0.470. The second-order valence-corrected chi connectivity index (χ2v) is 1.97. The van der Waals surface area contributed by atoms with E-state index in [1.165, 1.54) is 0 Å². The molecular weight excluding hydrogens is 160 g/mol. The third-order valence-corrected chi connectivity index (χ3v) is 0.857. The lowest BCUT2D eigenvalue weighted by Crippen LogP contribution is -2.08. The Labute approximate surface area is 62.7 Å². The molecule has 58 valence electrons. The molecule has 0 rings (SSSR count). The smallest absolute Gasteiger partial charge is 0.329 e. The summed E-state index contributed by atoms with van der Waals surface area (Å²) in [7, 11) is 0. The minimum Gasteiger partial charge on any atom is -0.480 e. The fourth-order valence-corrected chi connectivity index (χ4v) is 0.389. The number of halogens is 1. The molecule has 0 fully saturated rings. The molecule has 10 heavy (non-hydrogen) atoms. The van der Waals surface area contributed by atoms with Crippen molar-refractivity contribution >= 4 is 22.8 Å². The monoisotopic (exact) mass is 166 g/mol. The summed E-state index contributed by atoms with van der Waals surface area (Å²) in [6.45, 7) is -0.321. The maximum Gasteiger partial charge on any atom is 0.329 e. The summed E-state index contributed by atoms with van der Waals surface area (Å²) in [5, 5.41) is 7.51. The minimum atomic E-state index is -1.05.